The summed E-state index contributed by atoms with van der Waals surface area (Å²) in [5.74, 6) is -0.702. The summed E-state index contributed by atoms with van der Waals surface area (Å²) in [5.41, 5.74) is 7.09. The predicted molar refractivity (Wildman–Crippen MR) is 73.0 cm³/mol. The highest BCUT2D eigenvalue weighted by molar-refractivity contribution is 5.77. The lowest BCUT2D eigenvalue weighted by Crippen LogP contribution is -2.41. The SMILES string of the molecule is CC(C)(C)OC(=O)NC[C@@H](N=[N+]=[N-])C(=O)OC(C)(C)C. The van der Waals surface area contributed by atoms with Crippen LogP contribution in [0.15, 0.2) is 5.11 Å². The zero-order chi connectivity index (χ0) is 16.0. The van der Waals surface area contributed by atoms with Crippen molar-refractivity contribution in [3.63, 3.8) is 0 Å². The van der Waals surface area contributed by atoms with Crippen molar-refractivity contribution in [1.82, 2.24) is 5.32 Å². The van der Waals surface area contributed by atoms with Crippen molar-refractivity contribution >= 4 is 12.1 Å². The molecule has 0 fully saturated rings. The van der Waals surface area contributed by atoms with Crippen LogP contribution < -0.4 is 5.32 Å². The highest BCUT2D eigenvalue weighted by Gasteiger charge is 2.25. The summed E-state index contributed by atoms with van der Waals surface area (Å²) in [6.07, 6.45) is -0.695. The Bertz CT molecular complexity index is 403. The van der Waals surface area contributed by atoms with Gasteiger partial charge >= 0.3 is 12.1 Å². The Morgan fingerprint density at radius 1 is 1.15 bits per heavy atom. The number of esters is 1. The zero-order valence-electron chi connectivity index (χ0n) is 12.8. The molecule has 0 aromatic heterocycles. The molecule has 0 aliphatic rings. The molecule has 1 amide bonds. The molecule has 1 N–H and O–H groups in total. The molecule has 0 aromatic carbocycles. The Kier molecular flexibility index (Phi) is 6.32. The smallest absolute Gasteiger partial charge is 0.407 e. The fourth-order valence-electron chi connectivity index (χ4n) is 1.10. The van der Waals surface area contributed by atoms with E-state index in [-0.39, 0.29) is 6.54 Å². The molecule has 0 aliphatic heterocycles. The lowest BCUT2D eigenvalue weighted by Gasteiger charge is -2.23. The molecule has 0 saturated carbocycles. The number of ether oxygens (including phenoxy) is 2. The van der Waals surface area contributed by atoms with Crippen molar-refractivity contribution in [3.05, 3.63) is 10.4 Å². The summed E-state index contributed by atoms with van der Waals surface area (Å²) < 4.78 is 10.1. The molecule has 0 radical (unpaired) electrons. The molecule has 1 atom stereocenters. The molecule has 0 rings (SSSR count). The first-order chi connectivity index (χ1) is 8.94. The molecule has 8 heteroatoms. The number of amides is 1. The molecule has 0 aromatic rings. The van der Waals surface area contributed by atoms with Gasteiger partial charge in [-0.05, 0) is 47.1 Å². The van der Waals surface area contributed by atoms with Crippen LogP contribution in [0.5, 0.6) is 0 Å². The fourth-order valence-corrected chi connectivity index (χ4v) is 1.10. The van der Waals surface area contributed by atoms with Crippen LogP contribution in [0.4, 0.5) is 4.79 Å². The lowest BCUT2D eigenvalue weighted by atomic mass is 10.2. The summed E-state index contributed by atoms with van der Waals surface area (Å²) in [4.78, 5) is 25.8. The number of nitrogens with zero attached hydrogens (tertiary/aromatic N) is 3. The van der Waals surface area contributed by atoms with Gasteiger partial charge in [-0.1, -0.05) is 5.11 Å². The zero-order valence-corrected chi connectivity index (χ0v) is 12.8. The van der Waals surface area contributed by atoms with E-state index in [1.807, 2.05) is 0 Å². The quantitative estimate of drug-likeness (QED) is 0.370. The monoisotopic (exact) mass is 286 g/mol. The standard InChI is InChI=1S/C12H22N4O4/c1-11(2,3)19-9(17)8(15-16-13)7-14-10(18)20-12(4,5)6/h8H,7H2,1-6H3,(H,14,18)/t8-/m1/s1. The highest BCUT2D eigenvalue weighted by Crippen LogP contribution is 2.10. The minimum Gasteiger partial charge on any atom is -0.460 e. The molecule has 0 spiro atoms. The van der Waals surface area contributed by atoms with Gasteiger partial charge in [-0.2, -0.15) is 0 Å². The minimum atomic E-state index is -1.13. The summed E-state index contributed by atoms with van der Waals surface area (Å²) >= 11 is 0. The third-order valence-electron chi connectivity index (χ3n) is 1.71. The summed E-state index contributed by atoms with van der Waals surface area (Å²) in [6, 6.07) is -1.13. The average molecular weight is 286 g/mol. The van der Waals surface area contributed by atoms with Crippen LogP contribution in [-0.4, -0.2) is 35.9 Å². The summed E-state index contributed by atoms with van der Waals surface area (Å²) in [6.45, 7) is 10.0. The largest absolute Gasteiger partial charge is 0.460 e. The van der Waals surface area contributed by atoms with Crippen LogP contribution in [-0.2, 0) is 14.3 Å². The third-order valence-corrected chi connectivity index (χ3v) is 1.71. The third kappa shape index (κ3) is 9.04. The Morgan fingerprint density at radius 3 is 2.05 bits per heavy atom. The van der Waals surface area contributed by atoms with E-state index in [2.05, 4.69) is 15.3 Å². The van der Waals surface area contributed by atoms with Gasteiger partial charge in [0.2, 0.25) is 0 Å². The Morgan fingerprint density at radius 2 is 1.65 bits per heavy atom. The van der Waals surface area contributed by atoms with Crippen molar-refractivity contribution in [3.8, 4) is 0 Å². The molecule has 0 saturated heterocycles. The topological polar surface area (TPSA) is 113 Å². The Balaban J connectivity index is 4.53. The van der Waals surface area contributed by atoms with Crippen molar-refractivity contribution < 1.29 is 19.1 Å². The van der Waals surface area contributed by atoms with Gasteiger partial charge < -0.3 is 14.8 Å². The van der Waals surface area contributed by atoms with Crippen LogP contribution in [0.25, 0.3) is 10.4 Å². The van der Waals surface area contributed by atoms with Gasteiger partial charge in [-0.15, -0.1) is 0 Å². The van der Waals surface area contributed by atoms with Gasteiger partial charge in [0.05, 0.1) is 0 Å². The van der Waals surface area contributed by atoms with Crippen LogP contribution in [0.2, 0.25) is 0 Å². The first kappa shape index (κ1) is 18.0. The molecule has 114 valence electrons. The molecule has 20 heavy (non-hydrogen) atoms. The molecule has 0 heterocycles. The van der Waals surface area contributed by atoms with E-state index >= 15 is 0 Å². The van der Waals surface area contributed by atoms with Gasteiger partial charge in [0.15, 0.2) is 6.04 Å². The van der Waals surface area contributed by atoms with Gasteiger partial charge in [-0.3, -0.25) is 4.79 Å². The molecular formula is C12H22N4O4. The number of azide groups is 1. The maximum absolute atomic E-state index is 11.8. The average Bonchev–Trinajstić information content (AvgIpc) is 2.18. The number of carbonyl (C=O) groups is 2. The van der Waals surface area contributed by atoms with E-state index in [1.165, 1.54) is 0 Å². The first-order valence-electron chi connectivity index (χ1n) is 6.18. The van der Waals surface area contributed by atoms with Gasteiger partial charge in [0.1, 0.15) is 11.2 Å². The number of rotatable bonds is 4. The van der Waals surface area contributed by atoms with Crippen molar-refractivity contribution in [1.29, 1.82) is 0 Å². The number of hydrogen-bond donors (Lipinski definition) is 1. The number of carbonyl (C=O) groups excluding carboxylic acids is 2. The highest BCUT2D eigenvalue weighted by atomic mass is 16.6. The second-order valence-electron chi connectivity index (χ2n) is 6.14. The predicted octanol–water partition coefficient (Wildman–Crippen LogP) is 2.53. The van der Waals surface area contributed by atoms with Crippen molar-refractivity contribution in [2.75, 3.05) is 6.54 Å². The molecule has 8 nitrogen and oxygen atoms in total. The lowest BCUT2D eigenvalue weighted by molar-refractivity contribution is -0.156. The van der Waals surface area contributed by atoms with Crippen LogP contribution in [0, 0.1) is 0 Å². The van der Waals surface area contributed by atoms with E-state index < -0.39 is 29.3 Å². The maximum Gasteiger partial charge on any atom is 0.407 e. The summed E-state index contributed by atoms with van der Waals surface area (Å²) in [7, 11) is 0. The number of nitrogens with one attached hydrogen (secondary N) is 1. The van der Waals surface area contributed by atoms with Gasteiger partial charge in [0, 0.05) is 11.5 Å². The van der Waals surface area contributed by atoms with Crippen LogP contribution >= 0.6 is 0 Å². The maximum atomic E-state index is 11.8. The van der Waals surface area contributed by atoms with Crippen LogP contribution in [0.1, 0.15) is 41.5 Å². The Hall–Kier alpha value is -1.95. The molecular weight excluding hydrogens is 264 g/mol. The normalized spacial score (nSPS) is 12.9. The molecule has 0 unspecified atom stereocenters. The van der Waals surface area contributed by atoms with E-state index in [4.69, 9.17) is 15.0 Å². The second kappa shape index (κ2) is 7.00. The van der Waals surface area contributed by atoms with E-state index in [9.17, 15) is 9.59 Å². The molecule has 0 bridgehead atoms. The van der Waals surface area contributed by atoms with E-state index in [0.29, 0.717) is 0 Å². The Labute approximate surface area is 118 Å². The van der Waals surface area contributed by atoms with E-state index in [1.54, 1.807) is 41.5 Å². The summed E-state index contributed by atoms with van der Waals surface area (Å²) in [5, 5.41) is 5.68. The molecule has 0 aliphatic carbocycles. The van der Waals surface area contributed by atoms with Crippen LogP contribution in [0.3, 0.4) is 0 Å². The van der Waals surface area contributed by atoms with Gasteiger partial charge in [-0.25, -0.2) is 4.79 Å². The second-order valence-corrected chi connectivity index (χ2v) is 6.14. The minimum absolute atomic E-state index is 0.187. The fraction of sp³-hybridized carbons (Fsp3) is 0.833. The number of alkyl carbamates (subject to hydrolysis) is 1. The first-order valence-corrected chi connectivity index (χ1v) is 6.18. The van der Waals surface area contributed by atoms with Crippen molar-refractivity contribution in [2.24, 2.45) is 5.11 Å². The van der Waals surface area contributed by atoms with E-state index in [0.717, 1.165) is 0 Å². The van der Waals surface area contributed by atoms with Crippen molar-refractivity contribution in [2.45, 2.75) is 58.8 Å². The number of hydrogen-bond acceptors (Lipinski definition) is 5. The van der Waals surface area contributed by atoms with Gasteiger partial charge in [0.25, 0.3) is 0 Å².